The van der Waals surface area contributed by atoms with E-state index in [1.165, 1.54) is 19.3 Å². The third kappa shape index (κ3) is 2.19. The highest BCUT2D eigenvalue weighted by Gasteiger charge is 2.38. The third-order valence-corrected chi connectivity index (χ3v) is 4.54. The first-order valence-corrected chi connectivity index (χ1v) is 7.25. The number of pyridine rings is 1. The first kappa shape index (κ1) is 13.2. The fraction of sp³-hybridized carbons (Fsp3) is 0.500. The molecule has 2 aromatic rings. The number of hydrogen-bond acceptors (Lipinski definition) is 4. The van der Waals surface area contributed by atoms with Gasteiger partial charge in [-0.2, -0.15) is 0 Å². The molecule has 2 aromatic heterocycles. The van der Waals surface area contributed by atoms with E-state index in [1.54, 1.807) is 12.4 Å². The zero-order valence-corrected chi connectivity index (χ0v) is 12.1. The van der Waals surface area contributed by atoms with Crippen LogP contribution in [0.3, 0.4) is 0 Å². The summed E-state index contributed by atoms with van der Waals surface area (Å²) in [6.45, 7) is 4.62. The summed E-state index contributed by atoms with van der Waals surface area (Å²) in [6, 6.07) is 3.92. The smallest absolute Gasteiger partial charge is 0.175 e. The molecule has 0 saturated heterocycles. The molecule has 2 N–H and O–H groups in total. The largest absolute Gasteiger partial charge is 0.380 e. The third-order valence-electron chi connectivity index (χ3n) is 4.54. The van der Waals surface area contributed by atoms with Crippen molar-refractivity contribution in [2.45, 2.75) is 45.4 Å². The van der Waals surface area contributed by atoms with Crippen LogP contribution in [-0.2, 0) is 0 Å². The fourth-order valence-corrected chi connectivity index (χ4v) is 3.34. The van der Waals surface area contributed by atoms with Crippen molar-refractivity contribution in [1.29, 1.82) is 0 Å². The number of aromatic nitrogens is 2. The monoisotopic (exact) mass is 271 g/mol. The lowest BCUT2D eigenvalue weighted by Gasteiger charge is -2.37. The van der Waals surface area contributed by atoms with Crippen molar-refractivity contribution in [3.05, 3.63) is 30.3 Å². The Morgan fingerprint density at radius 1 is 1.25 bits per heavy atom. The molecule has 1 saturated carbocycles. The molecule has 1 aliphatic carbocycles. The minimum atomic E-state index is 0.228. The van der Waals surface area contributed by atoms with Gasteiger partial charge in [-0.05, 0) is 36.0 Å². The number of hydrogen-bond donors (Lipinski definition) is 1. The zero-order valence-electron chi connectivity index (χ0n) is 12.1. The van der Waals surface area contributed by atoms with E-state index < -0.39 is 0 Å². The van der Waals surface area contributed by atoms with Crippen molar-refractivity contribution >= 4 is 5.82 Å². The van der Waals surface area contributed by atoms with Crippen LogP contribution in [0.4, 0.5) is 5.82 Å². The van der Waals surface area contributed by atoms with Crippen LogP contribution in [0.2, 0.25) is 0 Å². The average molecular weight is 271 g/mol. The lowest BCUT2D eigenvalue weighted by molar-refractivity contribution is 0.169. The van der Waals surface area contributed by atoms with Gasteiger partial charge in [0.15, 0.2) is 5.82 Å². The minimum Gasteiger partial charge on any atom is -0.380 e. The second-order valence-electron chi connectivity index (χ2n) is 6.33. The molecule has 4 nitrogen and oxygen atoms in total. The normalized spacial score (nSPS) is 21.8. The molecule has 3 rings (SSSR count). The molecule has 4 heteroatoms. The highest BCUT2D eigenvalue weighted by molar-refractivity contribution is 5.75. The van der Waals surface area contributed by atoms with E-state index in [0.29, 0.717) is 11.7 Å². The Bertz CT molecular complexity index is 589. The molecule has 1 unspecified atom stereocenters. The molecular formula is C16H21N3O. The van der Waals surface area contributed by atoms with Gasteiger partial charge in [0.1, 0.15) is 5.76 Å². The van der Waals surface area contributed by atoms with Gasteiger partial charge >= 0.3 is 0 Å². The Morgan fingerprint density at radius 2 is 2.00 bits per heavy atom. The molecule has 1 aliphatic rings. The summed E-state index contributed by atoms with van der Waals surface area (Å²) in [4.78, 5) is 4.06. The first-order valence-electron chi connectivity index (χ1n) is 7.25. The van der Waals surface area contributed by atoms with Crippen molar-refractivity contribution in [1.82, 2.24) is 10.1 Å². The highest BCUT2D eigenvalue weighted by Crippen LogP contribution is 2.50. The van der Waals surface area contributed by atoms with E-state index in [0.717, 1.165) is 23.3 Å². The Kier molecular flexibility index (Phi) is 3.24. The van der Waals surface area contributed by atoms with Crippen LogP contribution in [0.15, 0.2) is 29.0 Å². The van der Waals surface area contributed by atoms with Crippen LogP contribution in [0.1, 0.15) is 51.2 Å². The second-order valence-corrected chi connectivity index (χ2v) is 6.33. The van der Waals surface area contributed by atoms with E-state index in [2.05, 4.69) is 24.0 Å². The standard InChI is InChI=1S/C16H21N3O/c1-16(2)8-4-3-5-12(16)14-13(15(17)19-20-14)11-6-9-18-10-7-11/h6-7,9-10,12H,3-5,8H2,1-2H3,(H2,17,19). The molecule has 1 atom stereocenters. The molecule has 0 amide bonds. The van der Waals surface area contributed by atoms with Crippen molar-refractivity contribution in [3.63, 3.8) is 0 Å². The molecule has 2 heterocycles. The van der Waals surface area contributed by atoms with Crippen LogP contribution in [0.25, 0.3) is 11.1 Å². The van der Waals surface area contributed by atoms with Gasteiger partial charge in [0.2, 0.25) is 0 Å². The molecule has 0 spiro atoms. The number of nitrogens with zero attached hydrogens (tertiary/aromatic N) is 2. The second kappa shape index (κ2) is 4.93. The number of anilines is 1. The maximum Gasteiger partial charge on any atom is 0.175 e. The average Bonchev–Trinajstić information content (AvgIpc) is 2.81. The minimum absolute atomic E-state index is 0.228. The van der Waals surface area contributed by atoms with Gasteiger partial charge < -0.3 is 10.3 Å². The van der Waals surface area contributed by atoms with Gasteiger partial charge in [0.25, 0.3) is 0 Å². The number of rotatable bonds is 2. The first-order chi connectivity index (χ1) is 9.59. The molecular weight excluding hydrogens is 250 g/mol. The maximum absolute atomic E-state index is 6.04. The van der Waals surface area contributed by atoms with Gasteiger partial charge in [-0.3, -0.25) is 4.98 Å². The zero-order chi connectivity index (χ0) is 14.2. The Morgan fingerprint density at radius 3 is 2.70 bits per heavy atom. The summed E-state index contributed by atoms with van der Waals surface area (Å²) in [5.74, 6) is 1.80. The Labute approximate surface area is 119 Å². The van der Waals surface area contributed by atoms with E-state index in [1.807, 2.05) is 12.1 Å². The van der Waals surface area contributed by atoms with Gasteiger partial charge in [-0.25, -0.2) is 0 Å². The van der Waals surface area contributed by atoms with E-state index in [4.69, 9.17) is 10.3 Å². The molecule has 106 valence electrons. The van der Waals surface area contributed by atoms with Crippen LogP contribution in [0.5, 0.6) is 0 Å². The molecule has 0 bridgehead atoms. The number of nitrogens with two attached hydrogens (primary N) is 1. The summed E-state index contributed by atoms with van der Waals surface area (Å²) < 4.78 is 5.63. The lowest BCUT2D eigenvalue weighted by atomic mass is 9.67. The van der Waals surface area contributed by atoms with Gasteiger partial charge in [-0.15, -0.1) is 0 Å². The summed E-state index contributed by atoms with van der Waals surface area (Å²) in [5, 5.41) is 4.02. The molecule has 0 aromatic carbocycles. The highest BCUT2D eigenvalue weighted by atomic mass is 16.5. The van der Waals surface area contributed by atoms with E-state index in [-0.39, 0.29) is 5.41 Å². The van der Waals surface area contributed by atoms with Crippen molar-refractivity contribution in [2.24, 2.45) is 5.41 Å². The summed E-state index contributed by atoms with van der Waals surface area (Å²) in [5.41, 5.74) is 8.26. The van der Waals surface area contributed by atoms with E-state index >= 15 is 0 Å². The quantitative estimate of drug-likeness (QED) is 0.896. The predicted molar refractivity (Wildman–Crippen MR) is 79.1 cm³/mol. The van der Waals surface area contributed by atoms with Crippen molar-refractivity contribution < 1.29 is 4.52 Å². The SMILES string of the molecule is CC1(C)CCCCC1c1onc(N)c1-c1ccncc1. The van der Waals surface area contributed by atoms with Crippen molar-refractivity contribution in [2.75, 3.05) is 5.73 Å². The van der Waals surface area contributed by atoms with Gasteiger partial charge in [-0.1, -0.05) is 31.8 Å². The summed E-state index contributed by atoms with van der Waals surface area (Å²) >= 11 is 0. The van der Waals surface area contributed by atoms with E-state index in [9.17, 15) is 0 Å². The summed E-state index contributed by atoms with van der Waals surface area (Å²) in [6.07, 6.45) is 8.44. The van der Waals surface area contributed by atoms with Crippen LogP contribution < -0.4 is 5.73 Å². The van der Waals surface area contributed by atoms with Gasteiger partial charge in [0, 0.05) is 18.3 Å². The molecule has 1 fully saturated rings. The molecule has 20 heavy (non-hydrogen) atoms. The summed E-state index contributed by atoms with van der Waals surface area (Å²) in [7, 11) is 0. The lowest BCUT2D eigenvalue weighted by Crippen LogP contribution is -2.26. The molecule has 0 aliphatic heterocycles. The fourth-order valence-electron chi connectivity index (χ4n) is 3.34. The van der Waals surface area contributed by atoms with Crippen LogP contribution in [-0.4, -0.2) is 10.1 Å². The predicted octanol–water partition coefficient (Wildman–Crippen LogP) is 4.00. The Hall–Kier alpha value is -1.84. The topological polar surface area (TPSA) is 64.9 Å². The number of nitrogen functional groups attached to an aromatic ring is 1. The van der Waals surface area contributed by atoms with Crippen LogP contribution >= 0.6 is 0 Å². The maximum atomic E-state index is 6.04. The van der Waals surface area contributed by atoms with Crippen LogP contribution in [0, 0.1) is 5.41 Å². The van der Waals surface area contributed by atoms with Crippen molar-refractivity contribution in [3.8, 4) is 11.1 Å². The molecule has 0 radical (unpaired) electrons. The van der Waals surface area contributed by atoms with Gasteiger partial charge in [0.05, 0.1) is 5.56 Å². The Balaban J connectivity index is 2.07.